The van der Waals surface area contributed by atoms with Crippen LogP contribution in [0.1, 0.15) is 31.0 Å². The molecule has 3 N–H and O–H groups in total. The van der Waals surface area contributed by atoms with Crippen molar-refractivity contribution >= 4 is 22.9 Å². The SMILES string of the molecule is CCCCNc1nc(N)nc2ncc(Cc3ccccc3)nc12. The molecule has 0 radical (unpaired) electrons. The van der Waals surface area contributed by atoms with Crippen LogP contribution in [-0.4, -0.2) is 26.5 Å². The number of nitrogens with zero attached hydrogens (tertiary/aromatic N) is 4. The van der Waals surface area contributed by atoms with Gasteiger partial charge in [-0.3, -0.25) is 0 Å². The number of hydrogen-bond donors (Lipinski definition) is 2. The van der Waals surface area contributed by atoms with Crippen molar-refractivity contribution in [3.63, 3.8) is 0 Å². The van der Waals surface area contributed by atoms with Gasteiger partial charge in [0.05, 0.1) is 11.9 Å². The van der Waals surface area contributed by atoms with Crippen LogP contribution in [0.4, 0.5) is 11.8 Å². The quantitative estimate of drug-likeness (QED) is 0.681. The van der Waals surface area contributed by atoms with E-state index in [9.17, 15) is 0 Å². The third kappa shape index (κ3) is 3.71. The summed E-state index contributed by atoms with van der Waals surface area (Å²) in [5.41, 5.74) is 9.03. The maximum Gasteiger partial charge on any atom is 0.224 e. The van der Waals surface area contributed by atoms with Gasteiger partial charge in [0.15, 0.2) is 17.0 Å². The van der Waals surface area contributed by atoms with Crippen LogP contribution in [0.25, 0.3) is 11.2 Å². The highest BCUT2D eigenvalue weighted by Gasteiger charge is 2.10. The number of nitrogens with one attached hydrogen (secondary N) is 1. The molecule has 3 aromatic rings. The number of hydrogen-bond acceptors (Lipinski definition) is 6. The third-order valence-electron chi connectivity index (χ3n) is 3.53. The van der Waals surface area contributed by atoms with Crippen LogP contribution in [0.15, 0.2) is 36.5 Å². The Morgan fingerprint density at radius 2 is 1.91 bits per heavy atom. The minimum Gasteiger partial charge on any atom is -0.368 e. The van der Waals surface area contributed by atoms with Gasteiger partial charge in [-0.15, -0.1) is 0 Å². The Morgan fingerprint density at radius 3 is 2.70 bits per heavy atom. The second kappa shape index (κ2) is 7.00. The van der Waals surface area contributed by atoms with Crippen molar-refractivity contribution in [2.45, 2.75) is 26.2 Å². The molecule has 6 nitrogen and oxygen atoms in total. The molecule has 0 saturated carbocycles. The van der Waals surface area contributed by atoms with Crippen molar-refractivity contribution in [1.29, 1.82) is 0 Å². The van der Waals surface area contributed by atoms with Crippen molar-refractivity contribution in [2.24, 2.45) is 0 Å². The molecule has 1 aromatic carbocycles. The Kier molecular flexibility index (Phi) is 4.61. The van der Waals surface area contributed by atoms with E-state index < -0.39 is 0 Å². The van der Waals surface area contributed by atoms with Gasteiger partial charge in [-0.05, 0) is 12.0 Å². The van der Waals surface area contributed by atoms with Crippen molar-refractivity contribution in [2.75, 3.05) is 17.6 Å². The Balaban J connectivity index is 1.93. The first kappa shape index (κ1) is 15.1. The van der Waals surface area contributed by atoms with Gasteiger partial charge < -0.3 is 11.1 Å². The van der Waals surface area contributed by atoms with Crippen molar-refractivity contribution in [3.05, 3.63) is 47.8 Å². The minimum absolute atomic E-state index is 0.210. The highest BCUT2D eigenvalue weighted by atomic mass is 15.1. The first-order chi connectivity index (χ1) is 11.3. The van der Waals surface area contributed by atoms with Gasteiger partial charge in [-0.25, -0.2) is 9.97 Å². The van der Waals surface area contributed by atoms with E-state index >= 15 is 0 Å². The van der Waals surface area contributed by atoms with Crippen LogP contribution < -0.4 is 11.1 Å². The van der Waals surface area contributed by atoms with Gasteiger partial charge in [-0.2, -0.15) is 9.97 Å². The van der Waals surface area contributed by atoms with Gasteiger partial charge in [-0.1, -0.05) is 43.7 Å². The molecule has 0 saturated heterocycles. The first-order valence-electron chi connectivity index (χ1n) is 7.83. The Morgan fingerprint density at radius 1 is 1.09 bits per heavy atom. The van der Waals surface area contributed by atoms with Crippen LogP contribution >= 0.6 is 0 Å². The van der Waals surface area contributed by atoms with E-state index in [1.165, 1.54) is 5.56 Å². The molecule has 0 unspecified atom stereocenters. The zero-order valence-corrected chi connectivity index (χ0v) is 13.2. The van der Waals surface area contributed by atoms with E-state index in [0.717, 1.165) is 31.5 Å². The average molecular weight is 308 g/mol. The minimum atomic E-state index is 0.210. The second-order valence-corrected chi connectivity index (χ2v) is 5.41. The van der Waals surface area contributed by atoms with Gasteiger partial charge in [0.1, 0.15) is 0 Å². The fourth-order valence-corrected chi connectivity index (χ4v) is 2.36. The smallest absolute Gasteiger partial charge is 0.224 e. The number of nitrogens with two attached hydrogens (primary N) is 1. The molecular weight excluding hydrogens is 288 g/mol. The summed E-state index contributed by atoms with van der Waals surface area (Å²) in [7, 11) is 0. The summed E-state index contributed by atoms with van der Waals surface area (Å²) in [5, 5.41) is 3.29. The number of nitrogen functional groups attached to an aromatic ring is 1. The summed E-state index contributed by atoms with van der Waals surface area (Å²) < 4.78 is 0. The topological polar surface area (TPSA) is 89.6 Å². The molecule has 0 aliphatic carbocycles. The molecule has 0 spiro atoms. The van der Waals surface area contributed by atoms with E-state index in [4.69, 9.17) is 5.73 Å². The number of fused-ring (bicyclic) bond motifs is 1. The fourth-order valence-electron chi connectivity index (χ4n) is 2.36. The summed E-state index contributed by atoms with van der Waals surface area (Å²) >= 11 is 0. The largest absolute Gasteiger partial charge is 0.368 e. The van der Waals surface area contributed by atoms with E-state index in [1.54, 1.807) is 6.20 Å². The van der Waals surface area contributed by atoms with Crippen molar-refractivity contribution < 1.29 is 0 Å². The Labute approximate surface area is 135 Å². The summed E-state index contributed by atoms with van der Waals surface area (Å²) in [6.07, 6.45) is 4.64. The lowest BCUT2D eigenvalue weighted by atomic mass is 10.1. The Bertz CT molecular complexity index is 788. The zero-order chi connectivity index (χ0) is 16.1. The molecule has 0 amide bonds. The summed E-state index contributed by atoms with van der Waals surface area (Å²) in [6.45, 7) is 2.97. The van der Waals surface area contributed by atoms with Crippen LogP contribution in [0, 0.1) is 0 Å². The molecule has 3 rings (SSSR count). The normalized spacial score (nSPS) is 10.8. The second-order valence-electron chi connectivity index (χ2n) is 5.41. The molecule has 2 heterocycles. The van der Waals surface area contributed by atoms with E-state index in [-0.39, 0.29) is 5.95 Å². The number of benzene rings is 1. The molecule has 0 aliphatic rings. The molecule has 0 bridgehead atoms. The lowest BCUT2D eigenvalue weighted by Crippen LogP contribution is -2.09. The van der Waals surface area contributed by atoms with Gasteiger partial charge >= 0.3 is 0 Å². The van der Waals surface area contributed by atoms with E-state index in [1.807, 2.05) is 18.2 Å². The maximum atomic E-state index is 5.76. The van der Waals surface area contributed by atoms with Crippen LogP contribution in [0.5, 0.6) is 0 Å². The fraction of sp³-hybridized carbons (Fsp3) is 0.294. The van der Waals surface area contributed by atoms with Gasteiger partial charge in [0.2, 0.25) is 5.95 Å². The lowest BCUT2D eigenvalue weighted by Gasteiger charge is -2.09. The zero-order valence-electron chi connectivity index (χ0n) is 13.2. The highest BCUT2D eigenvalue weighted by molar-refractivity contribution is 5.83. The van der Waals surface area contributed by atoms with Crippen LogP contribution in [-0.2, 0) is 6.42 Å². The third-order valence-corrected chi connectivity index (χ3v) is 3.53. The Hall–Kier alpha value is -2.76. The highest BCUT2D eigenvalue weighted by Crippen LogP contribution is 2.19. The first-order valence-corrected chi connectivity index (χ1v) is 7.83. The summed E-state index contributed by atoms with van der Waals surface area (Å²) in [6, 6.07) is 10.2. The number of anilines is 2. The molecule has 0 aliphatic heterocycles. The van der Waals surface area contributed by atoms with Crippen molar-refractivity contribution in [3.8, 4) is 0 Å². The predicted octanol–water partition coefficient (Wildman–Crippen LogP) is 2.80. The number of aromatic nitrogens is 4. The molecular formula is C17H20N6. The lowest BCUT2D eigenvalue weighted by molar-refractivity contribution is 0.831. The van der Waals surface area contributed by atoms with Gasteiger partial charge in [0, 0.05) is 13.0 Å². The summed E-state index contributed by atoms with van der Waals surface area (Å²) in [4.78, 5) is 17.5. The molecule has 0 fully saturated rings. The summed E-state index contributed by atoms with van der Waals surface area (Å²) in [5.74, 6) is 0.866. The maximum absolute atomic E-state index is 5.76. The van der Waals surface area contributed by atoms with E-state index in [0.29, 0.717) is 17.0 Å². The van der Waals surface area contributed by atoms with Gasteiger partial charge in [0.25, 0.3) is 0 Å². The number of rotatable bonds is 6. The van der Waals surface area contributed by atoms with Crippen molar-refractivity contribution in [1.82, 2.24) is 19.9 Å². The standard InChI is InChI=1S/C17H20N6/c1-2-3-9-19-15-14-16(23-17(18)22-15)20-11-13(21-14)10-12-7-5-4-6-8-12/h4-8,11H,2-3,9-10H2,1H3,(H3,18,19,20,22,23). The molecule has 0 atom stereocenters. The molecule has 23 heavy (non-hydrogen) atoms. The molecule has 2 aromatic heterocycles. The average Bonchev–Trinajstić information content (AvgIpc) is 2.56. The number of unbranched alkanes of at least 4 members (excludes halogenated alkanes) is 1. The monoisotopic (exact) mass is 308 g/mol. The van der Waals surface area contributed by atoms with Crippen LogP contribution in [0.2, 0.25) is 0 Å². The molecule has 118 valence electrons. The molecule has 6 heteroatoms. The predicted molar refractivity (Wildman–Crippen MR) is 92.2 cm³/mol. The van der Waals surface area contributed by atoms with E-state index in [2.05, 4.69) is 44.3 Å². The van der Waals surface area contributed by atoms with Crippen LogP contribution in [0.3, 0.4) is 0 Å².